The van der Waals surface area contributed by atoms with Gasteiger partial charge in [0.2, 0.25) is 5.95 Å². The molecule has 1 amide bonds. The first-order valence-corrected chi connectivity index (χ1v) is 11.2. The number of nitrogens with zero attached hydrogens (tertiary/aromatic N) is 3. The Hall–Kier alpha value is -3.26. The van der Waals surface area contributed by atoms with Gasteiger partial charge in [0.05, 0.1) is 5.56 Å². The van der Waals surface area contributed by atoms with E-state index in [9.17, 15) is 9.18 Å². The van der Waals surface area contributed by atoms with Gasteiger partial charge in [-0.3, -0.25) is 4.79 Å². The van der Waals surface area contributed by atoms with Crippen LogP contribution in [0, 0.1) is 5.82 Å². The summed E-state index contributed by atoms with van der Waals surface area (Å²) in [6.45, 7) is 3.26. The molecule has 2 aliphatic heterocycles. The SMILES string of the molecule is O=C(c1ccc(Nc2ncc3cccc(OC4CCNCC4)c3n2)cc1F)N1CCCC1. The lowest BCUT2D eigenvalue weighted by Crippen LogP contribution is -2.34. The third kappa shape index (κ3) is 4.36. The first-order chi connectivity index (χ1) is 15.7. The summed E-state index contributed by atoms with van der Waals surface area (Å²) in [5.41, 5.74) is 1.29. The summed E-state index contributed by atoms with van der Waals surface area (Å²) in [5.74, 6) is 0.255. The van der Waals surface area contributed by atoms with E-state index in [0.29, 0.717) is 30.2 Å². The number of benzene rings is 2. The van der Waals surface area contributed by atoms with Crippen molar-refractivity contribution < 1.29 is 13.9 Å². The van der Waals surface area contributed by atoms with Gasteiger partial charge in [0, 0.05) is 30.4 Å². The van der Waals surface area contributed by atoms with Crippen molar-refractivity contribution in [1.29, 1.82) is 0 Å². The number of amides is 1. The molecule has 2 saturated heterocycles. The van der Waals surface area contributed by atoms with Crippen molar-refractivity contribution in [3.8, 4) is 5.75 Å². The fourth-order valence-electron chi connectivity index (χ4n) is 4.26. The fraction of sp³-hybridized carbons (Fsp3) is 0.375. The van der Waals surface area contributed by atoms with E-state index < -0.39 is 5.82 Å². The largest absolute Gasteiger partial charge is 0.488 e. The van der Waals surface area contributed by atoms with E-state index in [1.807, 2.05) is 18.2 Å². The van der Waals surface area contributed by atoms with E-state index in [2.05, 4.69) is 20.6 Å². The highest BCUT2D eigenvalue weighted by molar-refractivity contribution is 5.95. The number of para-hydroxylation sites is 1. The van der Waals surface area contributed by atoms with Crippen molar-refractivity contribution in [2.75, 3.05) is 31.5 Å². The van der Waals surface area contributed by atoms with Crippen LogP contribution in [0.2, 0.25) is 0 Å². The Labute approximate surface area is 186 Å². The van der Waals surface area contributed by atoms with Crippen LogP contribution in [0.1, 0.15) is 36.0 Å². The molecule has 5 rings (SSSR count). The maximum atomic E-state index is 14.7. The second-order valence-corrected chi connectivity index (χ2v) is 8.27. The quantitative estimate of drug-likeness (QED) is 0.633. The number of hydrogen-bond donors (Lipinski definition) is 2. The number of carbonyl (C=O) groups is 1. The normalized spacial score (nSPS) is 17.0. The van der Waals surface area contributed by atoms with E-state index in [1.165, 1.54) is 12.1 Å². The van der Waals surface area contributed by atoms with Crippen LogP contribution >= 0.6 is 0 Å². The molecule has 2 N–H and O–H groups in total. The Morgan fingerprint density at radius 1 is 1.16 bits per heavy atom. The van der Waals surface area contributed by atoms with Crippen LogP contribution < -0.4 is 15.4 Å². The van der Waals surface area contributed by atoms with Crippen molar-refractivity contribution in [2.24, 2.45) is 0 Å². The summed E-state index contributed by atoms with van der Waals surface area (Å²) in [7, 11) is 0. The van der Waals surface area contributed by atoms with Gasteiger partial charge < -0.3 is 20.3 Å². The van der Waals surface area contributed by atoms with Crippen LogP contribution in [0.3, 0.4) is 0 Å². The topological polar surface area (TPSA) is 79.4 Å². The van der Waals surface area contributed by atoms with Crippen molar-refractivity contribution in [1.82, 2.24) is 20.2 Å². The molecule has 1 aromatic heterocycles. The van der Waals surface area contributed by atoms with E-state index in [0.717, 1.165) is 49.9 Å². The molecule has 0 unspecified atom stereocenters. The molecule has 0 atom stereocenters. The summed E-state index contributed by atoms with van der Waals surface area (Å²) in [4.78, 5) is 23.2. The first-order valence-electron chi connectivity index (χ1n) is 11.2. The summed E-state index contributed by atoms with van der Waals surface area (Å²) in [6.07, 6.45) is 5.72. The number of carbonyl (C=O) groups excluding carboxylic acids is 1. The maximum Gasteiger partial charge on any atom is 0.256 e. The number of ether oxygens (including phenoxy) is 1. The van der Waals surface area contributed by atoms with E-state index in [4.69, 9.17) is 4.74 Å². The Morgan fingerprint density at radius 2 is 1.97 bits per heavy atom. The number of fused-ring (bicyclic) bond motifs is 1. The second kappa shape index (κ2) is 9.08. The molecule has 0 radical (unpaired) electrons. The Morgan fingerprint density at radius 3 is 2.75 bits per heavy atom. The minimum absolute atomic E-state index is 0.0922. The third-order valence-corrected chi connectivity index (χ3v) is 6.00. The second-order valence-electron chi connectivity index (χ2n) is 8.27. The molecule has 32 heavy (non-hydrogen) atoms. The standard InChI is InChI=1S/C24H26FN5O2/c25-20-14-17(6-7-19(20)23(31)30-12-1-2-13-30)28-24-27-15-16-4-3-5-21(22(16)29-24)32-18-8-10-26-11-9-18/h3-7,14-15,18,26H,1-2,8-13H2,(H,27,28,29). The number of piperidine rings is 1. The van der Waals surface area contributed by atoms with E-state index in [1.54, 1.807) is 17.2 Å². The molecule has 2 aromatic carbocycles. The van der Waals surface area contributed by atoms with Crippen LogP contribution in [0.5, 0.6) is 5.75 Å². The molecule has 0 bridgehead atoms. The predicted octanol–water partition coefficient (Wildman–Crippen LogP) is 3.88. The van der Waals surface area contributed by atoms with Gasteiger partial charge in [0.15, 0.2) is 0 Å². The molecule has 8 heteroatoms. The van der Waals surface area contributed by atoms with Gasteiger partial charge in [-0.15, -0.1) is 0 Å². The van der Waals surface area contributed by atoms with Crippen LogP contribution in [0.15, 0.2) is 42.6 Å². The van der Waals surface area contributed by atoms with Crippen LogP contribution in [-0.2, 0) is 0 Å². The number of likely N-dealkylation sites (tertiary alicyclic amines) is 1. The van der Waals surface area contributed by atoms with Gasteiger partial charge in [-0.2, -0.15) is 0 Å². The minimum Gasteiger partial charge on any atom is -0.488 e. The summed E-state index contributed by atoms with van der Waals surface area (Å²) in [5, 5.41) is 7.26. The van der Waals surface area contributed by atoms with Gasteiger partial charge in [0.1, 0.15) is 23.2 Å². The van der Waals surface area contributed by atoms with Crippen LogP contribution in [0.4, 0.5) is 16.0 Å². The smallest absolute Gasteiger partial charge is 0.256 e. The molecule has 3 aromatic rings. The number of nitrogens with one attached hydrogen (secondary N) is 2. The highest BCUT2D eigenvalue weighted by Gasteiger charge is 2.22. The summed E-state index contributed by atoms with van der Waals surface area (Å²) >= 11 is 0. The van der Waals surface area contributed by atoms with Crippen molar-refractivity contribution in [3.63, 3.8) is 0 Å². The summed E-state index contributed by atoms with van der Waals surface area (Å²) < 4.78 is 20.9. The highest BCUT2D eigenvalue weighted by atomic mass is 19.1. The van der Waals surface area contributed by atoms with Gasteiger partial charge in [0.25, 0.3) is 5.91 Å². The Balaban J connectivity index is 1.36. The first kappa shape index (κ1) is 20.6. The average Bonchev–Trinajstić information content (AvgIpc) is 3.35. The summed E-state index contributed by atoms with van der Waals surface area (Å²) in [6, 6.07) is 10.3. The van der Waals surface area contributed by atoms with Crippen molar-refractivity contribution >= 4 is 28.4 Å². The lowest BCUT2D eigenvalue weighted by molar-refractivity contribution is 0.0788. The number of rotatable bonds is 5. The molecule has 2 aliphatic rings. The van der Waals surface area contributed by atoms with Gasteiger partial charge in [-0.1, -0.05) is 12.1 Å². The molecule has 166 valence electrons. The van der Waals surface area contributed by atoms with Gasteiger partial charge >= 0.3 is 0 Å². The van der Waals surface area contributed by atoms with E-state index in [-0.39, 0.29) is 17.6 Å². The van der Waals surface area contributed by atoms with Crippen LogP contribution in [-0.4, -0.2) is 53.1 Å². The molecule has 3 heterocycles. The molecule has 0 aliphatic carbocycles. The molecule has 0 spiro atoms. The monoisotopic (exact) mass is 435 g/mol. The highest BCUT2D eigenvalue weighted by Crippen LogP contribution is 2.28. The van der Waals surface area contributed by atoms with E-state index >= 15 is 0 Å². The molecule has 0 saturated carbocycles. The minimum atomic E-state index is -0.553. The zero-order valence-electron chi connectivity index (χ0n) is 17.8. The number of hydrogen-bond acceptors (Lipinski definition) is 6. The molecular formula is C24H26FN5O2. The lowest BCUT2D eigenvalue weighted by atomic mass is 10.1. The van der Waals surface area contributed by atoms with Crippen LogP contribution in [0.25, 0.3) is 10.9 Å². The van der Waals surface area contributed by atoms with Crippen molar-refractivity contribution in [3.05, 3.63) is 54.0 Å². The van der Waals surface area contributed by atoms with Gasteiger partial charge in [-0.25, -0.2) is 14.4 Å². The zero-order valence-corrected chi connectivity index (χ0v) is 17.8. The predicted molar refractivity (Wildman–Crippen MR) is 121 cm³/mol. The Kier molecular flexibility index (Phi) is 5.85. The van der Waals surface area contributed by atoms with Crippen molar-refractivity contribution in [2.45, 2.75) is 31.8 Å². The Bertz CT molecular complexity index is 1130. The molecular weight excluding hydrogens is 409 g/mol. The average molecular weight is 436 g/mol. The third-order valence-electron chi connectivity index (χ3n) is 6.00. The van der Waals surface area contributed by atoms with Gasteiger partial charge in [-0.05, 0) is 63.0 Å². The number of aromatic nitrogens is 2. The molecule has 2 fully saturated rings. The fourth-order valence-corrected chi connectivity index (χ4v) is 4.26. The zero-order chi connectivity index (χ0) is 21.9. The molecule has 7 nitrogen and oxygen atoms in total. The maximum absolute atomic E-state index is 14.7. The number of halogens is 1. The number of anilines is 2. The lowest BCUT2D eigenvalue weighted by Gasteiger charge is -2.24.